The summed E-state index contributed by atoms with van der Waals surface area (Å²) >= 11 is 0. The second kappa shape index (κ2) is 15.2. The van der Waals surface area contributed by atoms with Gasteiger partial charge < -0.3 is 30.3 Å². The minimum atomic E-state index is -1.16. The third kappa shape index (κ3) is 10.3. The van der Waals surface area contributed by atoms with E-state index >= 15 is 0 Å². The minimum absolute atomic E-state index is 0.0780. The predicted molar refractivity (Wildman–Crippen MR) is 176 cm³/mol. The van der Waals surface area contributed by atoms with E-state index in [1.807, 2.05) is 0 Å². The summed E-state index contributed by atoms with van der Waals surface area (Å²) in [5.74, 6) is -3.29. The highest BCUT2D eigenvalue weighted by atomic mass is 16.6. The van der Waals surface area contributed by atoms with E-state index in [1.54, 1.807) is 52.5 Å². The Morgan fingerprint density at radius 1 is 0.936 bits per heavy atom. The summed E-state index contributed by atoms with van der Waals surface area (Å²) in [6, 6.07) is -2.88. The maximum atomic E-state index is 14.3. The van der Waals surface area contributed by atoms with Crippen LogP contribution in [0.4, 0.5) is 4.79 Å². The number of ketones is 1. The first-order chi connectivity index (χ1) is 21.8. The number of ether oxygens (including phenoxy) is 2. The lowest BCUT2D eigenvalue weighted by Crippen LogP contribution is -2.59. The summed E-state index contributed by atoms with van der Waals surface area (Å²) < 4.78 is 10.7. The van der Waals surface area contributed by atoms with Crippen molar-refractivity contribution in [1.29, 1.82) is 0 Å². The van der Waals surface area contributed by atoms with Gasteiger partial charge in [0, 0.05) is 13.1 Å². The van der Waals surface area contributed by atoms with Crippen molar-refractivity contribution in [2.45, 2.75) is 136 Å². The van der Waals surface area contributed by atoms with Crippen molar-refractivity contribution in [2.75, 3.05) is 13.1 Å². The van der Waals surface area contributed by atoms with Gasteiger partial charge >= 0.3 is 12.1 Å². The molecule has 47 heavy (non-hydrogen) atoms. The Morgan fingerprint density at radius 2 is 1.55 bits per heavy atom. The van der Waals surface area contributed by atoms with Gasteiger partial charge in [-0.05, 0) is 90.4 Å². The van der Waals surface area contributed by atoms with Gasteiger partial charge in [0.25, 0.3) is 5.91 Å². The van der Waals surface area contributed by atoms with Crippen LogP contribution in [0.2, 0.25) is 0 Å². The molecule has 2 saturated carbocycles. The number of Topliss-reactive ketones (excluding diaryl/α,β-unsaturated/α-hetero) is 1. The van der Waals surface area contributed by atoms with E-state index in [1.165, 1.54) is 0 Å². The molecule has 264 valence electrons. The van der Waals surface area contributed by atoms with Gasteiger partial charge in [0.2, 0.25) is 17.6 Å². The highest BCUT2D eigenvalue weighted by molar-refractivity contribution is 6.38. The summed E-state index contributed by atoms with van der Waals surface area (Å²) in [5, 5.41) is 8.07. The van der Waals surface area contributed by atoms with E-state index in [0.29, 0.717) is 13.0 Å². The molecule has 12 heteroatoms. The number of piperidine rings is 1. The Morgan fingerprint density at radius 3 is 2.13 bits per heavy atom. The molecule has 1 aliphatic heterocycles. The van der Waals surface area contributed by atoms with Gasteiger partial charge in [-0.3, -0.25) is 24.0 Å². The molecule has 2 aliphatic carbocycles. The van der Waals surface area contributed by atoms with Crippen molar-refractivity contribution in [2.24, 2.45) is 23.2 Å². The first kappa shape index (κ1) is 38.0. The molecule has 0 aromatic carbocycles. The van der Waals surface area contributed by atoms with Crippen molar-refractivity contribution in [1.82, 2.24) is 20.9 Å². The average molecular weight is 661 g/mol. The molecule has 0 aromatic heterocycles. The first-order valence-corrected chi connectivity index (χ1v) is 17.0. The quantitative estimate of drug-likeness (QED) is 0.153. The highest BCUT2D eigenvalue weighted by Crippen LogP contribution is 2.65. The number of carbonyl (C=O) groups excluding carboxylic acids is 6. The van der Waals surface area contributed by atoms with E-state index in [9.17, 15) is 28.8 Å². The fraction of sp³-hybridized carbons (Fsp3) is 0.771. The van der Waals surface area contributed by atoms with Gasteiger partial charge in [0.15, 0.2) is 0 Å². The number of amides is 4. The van der Waals surface area contributed by atoms with Gasteiger partial charge in [0.1, 0.15) is 23.3 Å². The third-order valence-electron chi connectivity index (χ3n) is 9.37. The lowest BCUT2D eigenvalue weighted by Gasteiger charge is -2.37. The van der Waals surface area contributed by atoms with Crippen molar-refractivity contribution in [3.63, 3.8) is 0 Å². The fourth-order valence-corrected chi connectivity index (χ4v) is 7.00. The van der Waals surface area contributed by atoms with Crippen LogP contribution in [-0.4, -0.2) is 82.9 Å². The number of hydrogen-bond acceptors (Lipinski definition) is 8. The van der Waals surface area contributed by atoms with Crippen LogP contribution in [-0.2, 0) is 33.4 Å². The topological polar surface area (TPSA) is 160 Å². The van der Waals surface area contributed by atoms with Gasteiger partial charge in [-0.15, -0.1) is 6.58 Å². The zero-order chi connectivity index (χ0) is 35.3. The van der Waals surface area contributed by atoms with Crippen LogP contribution in [0.1, 0.15) is 107 Å². The Kier molecular flexibility index (Phi) is 12.3. The van der Waals surface area contributed by atoms with Crippen molar-refractivity contribution in [3.05, 3.63) is 12.7 Å². The molecule has 3 fully saturated rings. The van der Waals surface area contributed by atoms with Crippen LogP contribution in [0.25, 0.3) is 0 Å². The number of fused-ring (bicyclic) bond motifs is 1. The Hall–Kier alpha value is -3.44. The Bertz CT molecular complexity index is 1210. The monoisotopic (exact) mass is 660 g/mol. The summed E-state index contributed by atoms with van der Waals surface area (Å²) in [5.41, 5.74) is -1.62. The van der Waals surface area contributed by atoms with E-state index in [4.69, 9.17) is 9.47 Å². The van der Waals surface area contributed by atoms with Gasteiger partial charge in [-0.25, -0.2) is 4.79 Å². The number of hydrogen-bond donors (Lipinski definition) is 3. The summed E-state index contributed by atoms with van der Waals surface area (Å²) in [7, 11) is 0. The number of nitrogens with one attached hydrogen (secondary N) is 3. The summed E-state index contributed by atoms with van der Waals surface area (Å²) in [4.78, 5) is 80.9. The zero-order valence-corrected chi connectivity index (χ0v) is 29.5. The molecule has 4 amide bonds. The number of rotatable bonds is 13. The fourth-order valence-electron chi connectivity index (χ4n) is 7.00. The van der Waals surface area contributed by atoms with Crippen LogP contribution < -0.4 is 16.0 Å². The lowest BCUT2D eigenvalue weighted by atomic mass is 9.83. The molecule has 3 N–H and O–H groups in total. The summed E-state index contributed by atoms with van der Waals surface area (Å²) in [6.07, 6.45) is 5.79. The minimum Gasteiger partial charge on any atom is -0.460 e. The zero-order valence-electron chi connectivity index (χ0n) is 29.5. The molecule has 1 heterocycles. The van der Waals surface area contributed by atoms with Crippen LogP contribution >= 0.6 is 0 Å². The van der Waals surface area contributed by atoms with E-state index in [0.717, 1.165) is 32.1 Å². The van der Waals surface area contributed by atoms with E-state index in [2.05, 4.69) is 36.4 Å². The molecule has 0 radical (unpaired) electrons. The van der Waals surface area contributed by atoms with Crippen LogP contribution in [0.15, 0.2) is 12.7 Å². The molecule has 5 atom stereocenters. The largest absolute Gasteiger partial charge is 0.460 e. The lowest BCUT2D eigenvalue weighted by molar-refractivity contribution is -0.154. The Labute approximate surface area is 279 Å². The number of alkyl carbamates (subject to hydrolysis) is 1. The normalized spacial score (nSPS) is 23.4. The van der Waals surface area contributed by atoms with Crippen molar-refractivity contribution < 1.29 is 38.2 Å². The molecule has 1 unspecified atom stereocenters. The van der Waals surface area contributed by atoms with Crippen molar-refractivity contribution >= 4 is 35.6 Å². The second-order valence-corrected chi connectivity index (χ2v) is 15.8. The SMILES string of the molecule is C=CCCC(NC(=O)[C@@H]1[C@@H]2[C@H](CN1C(=O)[C@@H](NC(=O)OC(C)(C)C)C1CCCCC1)C2(C)C)C(=O)C(=O)NCCC(=O)OC(C)(C)C. The third-order valence-corrected chi connectivity index (χ3v) is 9.37. The molecular formula is C35H56N4O8. The molecule has 0 bridgehead atoms. The number of esters is 1. The molecular weight excluding hydrogens is 604 g/mol. The first-order valence-electron chi connectivity index (χ1n) is 17.0. The molecule has 3 aliphatic rings. The van der Waals surface area contributed by atoms with Crippen molar-refractivity contribution in [3.8, 4) is 0 Å². The second-order valence-electron chi connectivity index (χ2n) is 15.8. The number of carbonyl (C=O) groups is 6. The van der Waals surface area contributed by atoms with Gasteiger partial charge in [0.05, 0.1) is 12.5 Å². The number of allylic oxidation sites excluding steroid dienone is 1. The van der Waals surface area contributed by atoms with E-state index in [-0.39, 0.29) is 48.5 Å². The molecule has 0 aromatic rings. The predicted octanol–water partition coefficient (Wildman–Crippen LogP) is 3.81. The Balaban J connectivity index is 1.77. The smallest absolute Gasteiger partial charge is 0.408 e. The average Bonchev–Trinajstić information content (AvgIpc) is 3.26. The van der Waals surface area contributed by atoms with Crippen LogP contribution in [0, 0.1) is 23.2 Å². The number of nitrogens with zero attached hydrogens (tertiary/aromatic N) is 1. The van der Waals surface area contributed by atoms with Gasteiger partial charge in [-0.1, -0.05) is 39.2 Å². The van der Waals surface area contributed by atoms with Crippen LogP contribution in [0.3, 0.4) is 0 Å². The molecule has 0 spiro atoms. The molecule has 3 rings (SSSR count). The standard InChI is InChI=1S/C35H56N4O8/c1-10-11-17-23(28(41)30(43)36-19-18-24(40)46-33(2,3)4)37-29(42)27-25-22(35(25,8)9)20-39(27)31(44)26(21-15-13-12-14-16-21)38-32(45)47-34(5,6)7/h10,21-23,25-27H,1,11-20H2,2-9H3,(H,36,43)(H,37,42)(H,38,45)/t22-,23?,25-,26-,27-/m0/s1. The maximum absolute atomic E-state index is 14.3. The molecule has 1 saturated heterocycles. The van der Waals surface area contributed by atoms with Gasteiger partial charge in [-0.2, -0.15) is 0 Å². The van der Waals surface area contributed by atoms with E-state index < -0.39 is 59.0 Å². The number of likely N-dealkylation sites (tertiary alicyclic amines) is 1. The highest BCUT2D eigenvalue weighted by Gasteiger charge is 2.69. The van der Waals surface area contributed by atoms with Crippen LogP contribution in [0.5, 0.6) is 0 Å². The maximum Gasteiger partial charge on any atom is 0.408 e. The summed E-state index contributed by atoms with van der Waals surface area (Å²) in [6.45, 7) is 18.5. The molecule has 12 nitrogen and oxygen atoms in total.